The molecule has 0 aromatic heterocycles. The average Bonchev–Trinajstić information content (AvgIpc) is 2.76. The molecule has 1 spiro atoms. The van der Waals surface area contributed by atoms with E-state index >= 15 is 0 Å². The summed E-state index contributed by atoms with van der Waals surface area (Å²) >= 11 is 0. The zero-order valence-electron chi connectivity index (χ0n) is 8.47. The molecule has 2 fully saturated rings. The summed E-state index contributed by atoms with van der Waals surface area (Å²) in [4.78, 5) is 11.0. The predicted molar refractivity (Wildman–Crippen MR) is 50.4 cm³/mol. The quantitative estimate of drug-likeness (QED) is 0.713. The van der Waals surface area contributed by atoms with Gasteiger partial charge in [0, 0.05) is 0 Å². The summed E-state index contributed by atoms with van der Waals surface area (Å²) in [5, 5.41) is 9.07. The van der Waals surface area contributed by atoms with Gasteiger partial charge in [0.15, 0.2) is 0 Å². The maximum Gasteiger partial charge on any atom is 0.306 e. The van der Waals surface area contributed by atoms with E-state index in [-0.39, 0.29) is 11.3 Å². The van der Waals surface area contributed by atoms with Crippen LogP contribution >= 0.6 is 0 Å². The van der Waals surface area contributed by atoms with Gasteiger partial charge in [0.05, 0.1) is 5.92 Å². The Balaban J connectivity index is 2.24. The van der Waals surface area contributed by atoms with E-state index in [1.807, 2.05) is 6.92 Å². The first kappa shape index (κ1) is 9.04. The molecule has 0 amide bonds. The van der Waals surface area contributed by atoms with E-state index in [1.165, 1.54) is 25.7 Å². The minimum absolute atomic E-state index is 0.0822. The second-order valence-electron chi connectivity index (χ2n) is 5.11. The lowest BCUT2D eigenvalue weighted by atomic mass is 9.68. The first-order valence-electron chi connectivity index (χ1n) is 5.25. The van der Waals surface area contributed by atoms with Gasteiger partial charge in [-0.2, -0.15) is 0 Å². The van der Waals surface area contributed by atoms with Gasteiger partial charge in [0.25, 0.3) is 0 Å². The molecule has 2 aliphatic carbocycles. The minimum Gasteiger partial charge on any atom is -0.481 e. The molecular weight excluding hydrogens is 164 g/mol. The Morgan fingerprint density at radius 3 is 2.38 bits per heavy atom. The van der Waals surface area contributed by atoms with E-state index in [0.717, 1.165) is 6.42 Å². The molecule has 2 heteroatoms. The molecule has 2 atom stereocenters. The van der Waals surface area contributed by atoms with Crippen LogP contribution < -0.4 is 0 Å². The highest BCUT2D eigenvalue weighted by Crippen LogP contribution is 2.70. The smallest absolute Gasteiger partial charge is 0.306 e. The third-order valence-electron chi connectivity index (χ3n) is 4.74. The number of carboxylic acids is 1. The fourth-order valence-corrected chi connectivity index (χ4v) is 3.27. The zero-order valence-corrected chi connectivity index (χ0v) is 8.47. The largest absolute Gasteiger partial charge is 0.481 e. The molecule has 74 valence electrons. The number of carbonyl (C=O) groups is 1. The van der Waals surface area contributed by atoms with E-state index in [1.54, 1.807) is 0 Å². The molecule has 2 aliphatic rings. The molecule has 2 rings (SSSR count). The van der Waals surface area contributed by atoms with Crippen LogP contribution in [0.15, 0.2) is 0 Å². The SMILES string of the molecule is CC(C(=O)O)C1(C)CCCC12CC2. The van der Waals surface area contributed by atoms with Crippen LogP contribution in [-0.4, -0.2) is 11.1 Å². The standard InChI is InChI=1S/C11H18O2/c1-8(9(12)13)10(2)4-3-5-11(10)6-7-11/h8H,3-7H2,1-2H3,(H,12,13). The third-order valence-corrected chi connectivity index (χ3v) is 4.74. The topological polar surface area (TPSA) is 37.3 Å². The Kier molecular flexibility index (Phi) is 1.73. The van der Waals surface area contributed by atoms with Crippen LogP contribution in [0.25, 0.3) is 0 Å². The van der Waals surface area contributed by atoms with Crippen LogP contribution in [0.5, 0.6) is 0 Å². The van der Waals surface area contributed by atoms with Crippen LogP contribution in [0.1, 0.15) is 46.0 Å². The summed E-state index contributed by atoms with van der Waals surface area (Å²) in [7, 11) is 0. The average molecular weight is 182 g/mol. The molecule has 0 bridgehead atoms. The van der Waals surface area contributed by atoms with Crippen molar-refractivity contribution in [1.82, 2.24) is 0 Å². The summed E-state index contributed by atoms with van der Waals surface area (Å²) < 4.78 is 0. The first-order chi connectivity index (χ1) is 6.02. The Bertz CT molecular complexity index is 242. The number of hydrogen-bond acceptors (Lipinski definition) is 1. The van der Waals surface area contributed by atoms with Crippen molar-refractivity contribution in [2.75, 3.05) is 0 Å². The summed E-state index contributed by atoms with van der Waals surface area (Å²) in [6.07, 6.45) is 6.14. The maximum atomic E-state index is 11.0. The van der Waals surface area contributed by atoms with Crippen LogP contribution in [0.2, 0.25) is 0 Å². The first-order valence-corrected chi connectivity index (χ1v) is 5.25. The Morgan fingerprint density at radius 2 is 1.92 bits per heavy atom. The molecule has 2 saturated carbocycles. The molecule has 0 saturated heterocycles. The molecule has 13 heavy (non-hydrogen) atoms. The van der Waals surface area contributed by atoms with E-state index in [9.17, 15) is 4.79 Å². The Morgan fingerprint density at radius 1 is 1.31 bits per heavy atom. The van der Waals surface area contributed by atoms with Gasteiger partial charge < -0.3 is 5.11 Å². The second kappa shape index (κ2) is 2.49. The fraction of sp³-hybridized carbons (Fsp3) is 0.909. The molecule has 1 N–H and O–H groups in total. The van der Waals surface area contributed by atoms with Crippen molar-refractivity contribution in [2.45, 2.75) is 46.0 Å². The van der Waals surface area contributed by atoms with Crippen molar-refractivity contribution in [3.8, 4) is 0 Å². The molecule has 0 radical (unpaired) electrons. The highest BCUT2D eigenvalue weighted by atomic mass is 16.4. The number of rotatable bonds is 2. The molecule has 0 aromatic carbocycles. The third kappa shape index (κ3) is 1.04. The van der Waals surface area contributed by atoms with Crippen molar-refractivity contribution >= 4 is 5.97 Å². The molecule has 0 aliphatic heterocycles. The van der Waals surface area contributed by atoms with Gasteiger partial charge >= 0.3 is 5.97 Å². The van der Waals surface area contributed by atoms with Gasteiger partial charge in [-0.05, 0) is 36.5 Å². The lowest BCUT2D eigenvalue weighted by Crippen LogP contribution is -2.35. The highest BCUT2D eigenvalue weighted by Gasteiger charge is 2.62. The summed E-state index contributed by atoms with van der Waals surface area (Å²) in [5.74, 6) is -0.784. The maximum absolute atomic E-state index is 11.0. The van der Waals surface area contributed by atoms with Gasteiger partial charge in [-0.3, -0.25) is 4.79 Å². The fourth-order valence-electron chi connectivity index (χ4n) is 3.27. The summed E-state index contributed by atoms with van der Waals surface area (Å²) in [6, 6.07) is 0. The molecule has 0 heterocycles. The van der Waals surface area contributed by atoms with Crippen molar-refractivity contribution in [3.63, 3.8) is 0 Å². The van der Waals surface area contributed by atoms with E-state index < -0.39 is 5.97 Å². The van der Waals surface area contributed by atoms with Gasteiger partial charge in [0.2, 0.25) is 0 Å². The van der Waals surface area contributed by atoms with Crippen LogP contribution in [0, 0.1) is 16.7 Å². The summed E-state index contributed by atoms with van der Waals surface area (Å²) in [6.45, 7) is 4.07. The number of carboxylic acid groups (broad SMARTS) is 1. The van der Waals surface area contributed by atoms with Crippen molar-refractivity contribution < 1.29 is 9.90 Å². The Hall–Kier alpha value is -0.530. The van der Waals surface area contributed by atoms with E-state index in [0.29, 0.717) is 5.41 Å². The van der Waals surface area contributed by atoms with Crippen LogP contribution in [0.4, 0.5) is 0 Å². The predicted octanol–water partition coefficient (Wildman–Crippen LogP) is 2.68. The zero-order chi connectivity index (χ0) is 9.69. The van der Waals surface area contributed by atoms with E-state index in [4.69, 9.17) is 5.11 Å². The van der Waals surface area contributed by atoms with Crippen molar-refractivity contribution in [3.05, 3.63) is 0 Å². The number of aliphatic carboxylic acids is 1. The van der Waals surface area contributed by atoms with Gasteiger partial charge in [-0.1, -0.05) is 20.3 Å². The van der Waals surface area contributed by atoms with Crippen LogP contribution in [-0.2, 0) is 4.79 Å². The summed E-state index contributed by atoms with van der Waals surface area (Å²) in [5.41, 5.74) is 0.504. The van der Waals surface area contributed by atoms with Crippen LogP contribution in [0.3, 0.4) is 0 Å². The van der Waals surface area contributed by atoms with Gasteiger partial charge in [-0.25, -0.2) is 0 Å². The Labute approximate surface area is 79.3 Å². The van der Waals surface area contributed by atoms with E-state index in [2.05, 4.69) is 6.92 Å². The molecular formula is C11H18O2. The number of hydrogen-bond donors (Lipinski definition) is 1. The van der Waals surface area contributed by atoms with Gasteiger partial charge in [-0.15, -0.1) is 0 Å². The van der Waals surface area contributed by atoms with Gasteiger partial charge in [0.1, 0.15) is 0 Å². The minimum atomic E-state index is -0.615. The lowest BCUT2D eigenvalue weighted by molar-refractivity contribution is -0.147. The van der Waals surface area contributed by atoms with Crippen molar-refractivity contribution in [2.24, 2.45) is 16.7 Å². The normalized spacial score (nSPS) is 37.7. The monoisotopic (exact) mass is 182 g/mol. The van der Waals surface area contributed by atoms with Crippen molar-refractivity contribution in [1.29, 1.82) is 0 Å². The molecule has 2 nitrogen and oxygen atoms in total. The molecule has 2 unspecified atom stereocenters. The highest BCUT2D eigenvalue weighted by molar-refractivity contribution is 5.71. The lowest BCUT2D eigenvalue weighted by Gasteiger charge is -2.35. The second-order valence-corrected chi connectivity index (χ2v) is 5.11. The molecule has 0 aromatic rings.